The van der Waals surface area contributed by atoms with Crippen molar-refractivity contribution in [3.05, 3.63) is 0 Å². The Morgan fingerprint density at radius 1 is 0.426 bits per heavy atom. The van der Waals surface area contributed by atoms with Gasteiger partial charge in [0.1, 0.15) is 94.6 Å². The van der Waals surface area contributed by atoms with Crippen molar-refractivity contribution in [3.63, 3.8) is 0 Å². The van der Waals surface area contributed by atoms with Gasteiger partial charge in [0.25, 0.3) is 0 Å². The fourth-order valence-electron chi connectivity index (χ4n) is 3.45. The molecule has 7 unspecified atom stereocenters. The van der Waals surface area contributed by atoms with Gasteiger partial charge in [0.2, 0.25) is 0 Å². The zero-order valence-corrected chi connectivity index (χ0v) is 30.0. The van der Waals surface area contributed by atoms with Gasteiger partial charge < -0.3 is 89.1 Å². The molecular weight excluding hydrogens is 730 g/mol. The molecule has 0 aromatic rings. The predicted octanol–water partition coefficient (Wildman–Crippen LogP) is -8.03. The second-order valence-electron chi connectivity index (χ2n) is 11.3. The van der Waals surface area contributed by atoms with Crippen LogP contribution in [0.3, 0.4) is 0 Å². The second-order valence-corrected chi connectivity index (χ2v) is 11.3. The molecule has 0 fully saturated rings. The molecule has 8 atom stereocenters. The van der Waals surface area contributed by atoms with E-state index < -0.39 is 142 Å². The predicted molar refractivity (Wildman–Crippen MR) is 180 cm³/mol. The van der Waals surface area contributed by atoms with Gasteiger partial charge in [-0.05, 0) is 26.4 Å². The van der Waals surface area contributed by atoms with E-state index in [1.165, 1.54) is 0 Å². The summed E-state index contributed by atoms with van der Waals surface area (Å²) in [5.41, 5.74) is 44.6. The van der Waals surface area contributed by atoms with E-state index in [0.29, 0.717) is 19.4 Å². The van der Waals surface area contributed by atoms with Crippen LogP contribution in [0.2, 0.25) is 0 Å². The Balaban J connectivity index is 4.44. The van der Waals surface area contributed by atoms with E-state index in [-0.39, 0.29) is 0 Å². The number of unbranched alkanes of at least 4 members (excludes halogenated alkanes) is 1. The number of carbonyl (C=O) groups excluding carboxylic acids is 8. The molecule has 0 saturated carbocycles. The van der Waals surface area contributed by atoms with Crippen LogP contribution < -0.4 is 51.2 Å². The molecule has 0 amide bonds. The molecule has 0 aromatic carbocycles. The Morgan fingerprint density at radius 3 is 0.889 bits per heavy atom. The zero-order chi connectivity index (χ0) is 41.4. The fourth-order valence-corrected chi connectivity index (χ4v) is 3.45. The minimum Gasteiger partial charge on any atom is -0.468 e. The van der Waals surface area contributed by atoms with E-state index in [4.69, 9.17) is 79.0 Å². The maximum Gasteiger partial charge on any atom is 0.326 e. The molecule has 25 heteroatoms. The SMILES string of the molecule is CN[C@@H](CCCCN)C(=O)OCC(N)C(=O)OCC(N)C(=O)OCC(N)C(=O)OCC(N)C(=O)OCC(N)C(=O)OCC(N)C(=O)OCC(N)C(=O)OC. The summed E-state index contributed by atoms with van der Waals surface area (Å²) in [6.45, 7) is -4.12. The molecule has 0 saturated heterocycles. The average Bonchev–Trinajstić information content (AvgIpc) is 3.17. The van der Waals surface area contributed by atoms with Crippen molar-refractivity contribution in [3.8, 4) is 0 Å². The average molecular weight is 784 g/mol. The van der Waals surface area contributed by atoms with Gasteiger partial charge >= 0.3 is 47.8 Å². The molecule has 0 heterocycles. The Bertz CT molecular complexity index is 1250. The number of nitrogens with two attached hydrogens (primary N) is 8. The Morgan fingerprint density at radius 2 is 0.667 bits per heavy atom. The van der Waals surface area contributed by atoms with Crippen LogP contribution in [0, 0.1) is 0 Å². The minimum absolute atomic E-state index is 0.466. The van der Waals surface area contributed by atoms with Gasteiger partial charge in [-0.15, -0.1) is 0 Å². The lowest BCUT2D eigenvalue weighted by Crippen LogP contribution is -2.46. The number of hydrogen-bond donors (Lipinski definition) is 9. The molecule has 0 aromatic heterocycles. The molecule has 25 nitrogen and oxygen atoms in total. The number of carbonyl (C=O) groups is 8. The number of nitrogens with one attached hydrogen (secondary N) is 1. The van der Waals surface area contributed by atoms with Crippen LogP contribution in [0.1, 0.15) is 19.3 Å². The topological polar surface area (TPSA) is 431 Å². The van der Waals surface area contributed by atoms with Crippen LogP contribution in [0.5, 0.6) is 0 Å². The Labute approximate surface area is 309 Å². The number of ether oxygens (including phenoxy) is 8. The highest BCUT2D eigenvalue weighted by Crippen LogP contribution is 2.03. The summed E-state index contributed by atoms with van der Waals surface area (Å²) in [6, 6.07) is -10.9. The lowest BCUT2D eigenvalue weighted by molar-refractivity contribution is -0.157. The van der Waals surface area contributed by atoms with Crippen LogP contribution in [0.4, 0.5) is 0 Å². The van der Waals surface area contributed by atoms with Crippen molar-refractivity contribution in [2.45, 2.75) is 67.6 Å². The summed E-state index contributed by atoms with van der Waals surface area (Å²) in [4.78, 5) is 95.9. The van der Waals surface area contributed by atoms with E-state index in [0.717, 1.165) is 13.5 Å². The third-order valence-corrected chi connectivity index (χ3v) is 6.74. The van der Waals surface area contributed by atoms with E-state index in [2.05, 4.69) is 10.1 Å². The first-order chi connectivity index (χ1) is 25.4. The third-order valence-electron chi connectivity index (χ3n) is 6.74. The van der Waals surface area contributed by atoms with Gasteiger partial charge in [0, 0.05) is 0 Å². The molecule has 54 heavy (non-hydrogen) atoms. The zero-order valence-electron chi connectivity index (χ0n) is 30.0. The Kier molecular flexibility index (Phi) is 24.7. The second kappa shape index (κ2) is 27.1. The summed E-state index contributed by atoms with van der Waals surface area (Å²) in [5.74, 6) is -8.05. The first-order valence-corrected chi connectivity index (χ1v) is 16.3. The first-order valence-electron chi connectivity index (χ1n) is 16.3. The van der Waals surface area contributed by atoms with Crippen molar-refractivity contribution in [1.29, 1.82) is 0 Å². The van der Waals surface area contributed by atoms with Crippen molar-refractivity contribution < 1.29 is 76.3 Å². The van der Waals surface area contributed by atoms with Gasteiger partial charge in [0.15, 0.2) is 0 Å². The van der Waals surface area contributed by atoms with E-state index in [9.17, 15) is 38.4 Å². The lowest BCUT2D eigenvalue weighted by Gasteiger charge is -2.18. The maximum atomic E-state index is 12.2. The van der Waals surface area contributed by atoms with Crippen LogP contribution in [-0.4, -0.2) is 163 Å². The van der Waals surface area contributed by atoms with Crippen LogP contribution in [-0.2, 0) is 76.3 Å². The standard InChI is InChI=1S/C29H53N9O16/c1-38-21(5-3-4-6-30)29(46)54-13-20(37)28(45)53-12-19(36)27(44)52-11-18(35)26(43)51-10-17(34)25(42)50-9-16(33)24(41)49-8-15(32)23(40)48-7-14(31)22(39)47-2/h14-21,38H,3-13,30-37H2,1-2H3/t14?,15?,16?,17?,18?,19?,20?,21-/m0/s1. The summed E-state index contributed by atoms with van der Waals surface area (Å²) < 4.78 is 38.2. The molecule has 0 aliphatic carbocycles. The Hall–Kier alpha value is -4.60. The summed E-state index contributed by atoms with van der Waals surface area (Å²) >= 11 is 0. The van der Waals surface area contributed by atoms with Crippen LogP contribution in [0.15, 0.2) is 0 Å². The largest absolute Gasteiger partial charge is 0.468 e. The van der Waals surface area contributed by atoms with Crippen molar-refractivity contribution in [2.24, 2.45) is 45.9 Å². The number of hydrogen-bond acceptors (Lipinski definition) is 25. The van der Waals surface area contributed by atoms with E-state index in [1.54, 1.807) is 7.05 Å². The van der Waals surface area contributed by atoms with Crippen molar-refractivity contribution >= 4 is 47.8 Å². The molecule has 0 bridgehead atoms. The highest BCUT2D eigenvalue weighted by atomic mass is 16.6. The molecule has 0 rings (SSSR count). The minimum atomic E-state index is -1.56. The third kappa shape index (κ3) is 20.0. The summed E-state index contributed by atoms with van der Waals surface area (Å²) in [5, 5.41) is 2.79. The number of esters is 8. The molecule has 0 spiro atoms. The van der Waals surface area contributed by atoms with Crippen LogP contribution >= 0.6 is 0 Å². The number of methoxy groups -OCH3 is 1. The number of likely N-dealkylation sites (N-methyl/N-ethyl adjacent to an activating group) is 1. The normalized spacial score (nSPS) is 15.4. The van der Waals surface area contributed by atoms with E-state index in [1.807, 2.05) is 0 Å². The van der Waals surface area contributed by atoms with Gasteiger partial charge in [-0.2, -0.15) is 0 Å². The number of rotatable bonds is 27. The molecule has 0 radical (unpaired) electrons. The lowest BCUT2D eigenvalue weighted by atomic mass is 10.1. The summed E-state index contributed by atoms with van der Waals surface area (Å²) in [6.07, 6.45) is 1.86. The fraction of sp³-hybridized carbons (Fsp3) is 0.724. The molecule has 310 valence electrons. The highest BCUT2D eigenvalue weighted by molar-refractivity contribution is 5.82. The first kappa shape index (κ1) is 49.4. The molecule has 17 N–H and O–H groups in total. The van der Waals surface area contributed by atoms with Gasteiger partial charge in [-0.3, -0.25) is 38.4 Å². The van der Waals surface area contributed by atoms with Gasteiger partial charge in [-0.1, -0.05) is 6.42 Å². The van der Waals surface area contributed by atoms with Gasteiger partial charge in [0.05, 0.1) is 7.11 Å². The quantitative estimate of drug-likeness (QED) is 0.0212. The van der Waals surface area contributed by atoms with Gasteiger partial charge in [-0.25, -0.2) is 0 Å². The highest BCUT2D eigenvalue weighted by Gasteiger charge is 2.28. The molecule has 0 aliphatic heterocycles. The smallest absolute Gasteiger partial charge is 0.326 e. The molecule has 0 aliphatic rings. The van der Waals surface area contributed by atoms with Crippen molar-refractivity contribution in [1.82, 2.24) is 5.32 Å². The van der Waals surface area contributed by atoms with Crippen LogP contribution in [0.25, 0.3) is 0 Å². The summed E-state index contributed by atoms with van der Waals surface area (Å²) in [7, 11) is 2.66. The maximum absolute atomic E-state index is 12.2. The van der Waals surface area contributed by atoms with Crippen molar-refractivity contribution in [2.75, 3.05) is 67.0 Å². The van der Waals surface area contributed by atoms with E-state index >= 15 is 0 Å². The monoisotopic (exact) mass is 783 g/mol. The molecular formula is C29H53N9O16.